The zero-order valence-corrected chi connectivity index (χ0v) is 13.0. The van der Waals surface area contributed by atoms with Crippen molar-refractivity contribution in [3.05, 3.63) is 0 Å². The Morgan fingerprint density at radius 2 is 1.95 bits per heavy atom. The summed E-state index contributed by atoms with van der Waals surface area (Å²) in [6.45, 7) is 2.45. The highest BCUT2D eigenvalue weighted by atomic mass is 35.5. The Hall–Kier alpha value is -0.620. The largest absolute Gasteiger partial charge is 0.465 e. The Morgan fingerprint density at radius 1 is 1.29 bits per heavy atom. The van der Waals surface area contributed by atoms with Gasteiger partial charge in [0.05, 0.1) is 0 Å². The smallest absolute Gasteiger partial charge is 0.407 e. The normalized spacial score (nSPS) is 25.9. The lowest BCUT2D eigenvalue weighted by Gasteiger charge is -2.36. The molecule has 1 saturated heterocycles. The van der Waals surface area contributed by atoms with Gasteiger partial charge in [0.2, 0.25) is 5.92 Å². The molecule has 2 N–H and O–H groups in total. The predicted molar refractivity (Wildman–Crippen MR) is 79.4 cm³/mol. The third-order valence-electron chi connectivity index (χ3n) is 4.55. The van der Waals surface area contributed by atoms with Crippen LogP contribution in [0, 0.1) is 5.92 Å². The van der Waals surface area contributed by atoms with Gasteiger partial charge in [-0.15, -0.1) is 12.4 Å². The molecule has 1 amide bonds. The molecule has 124 valence electrons. The molecule has 0 unspecified atom stereocenters. The standard InChI is InChI=1S/C14H24F2N2O2.ClH/c15-14(16)6-3-12(4-7-14)18(13(19)20)9-5-11-2-1-8-17-10-11;/h11-12,17H,1-10H2,(H,19,20);1H/t11-;/m1./s1. The van der Waals surface area contributed by atoms with Crippen LogP contribution in [-0.4, -0.2) is 47.7 Å². The Morgan fingerprint density at radius 3 is 2.48 bits per heavy atom. The number of rotatable bonds is 4. The van der Waals surface area contributed by atoms with Crippen LogP contribution in [0.5, 0.6) is 0 Å². The molecule has 2 fully saturated rings. The van der Waals surface area contributed by atoms with Gasteiger partial charge in [-0.05, 0) is 51.1 Å². The van der Waals surface area contributed by atoms with E-state index in [1.165, 1.54) is 4.90 Å². The number of hydrogen-bond donors (Lipinski definition) is 2. The average molecular weight is 327 g/mol. The van der Waals surface area contributed by atoms with E-state index in [-0.39, 0.29) is 44.1 Å². The van der Waals surface area contributed by atoms with E-state index in [0.717, 1.165) is 32.4 Å². The molecule has 2 aliphatic rings. The van der Waals surface area contributed by atoms with Crippen molar-refractivity contribution in [1.82, 2.24) is 10.2 Å². The maximum absolute atomic E-state index is 13.1. The summed E-state index contributed by atoms with van der Waals surface area (Å²) < 4.78 is 26.3. The Kier molecular flexibility index (Phi) is 7.13. The van der Waals surface area contributed by atoms with E-state index in [1.54, 1.807) is 0 Å². The molecule has 0 aromatic rings. The van der Waals surface area contributed by atoms with Crippen molar-refractivity contribution in [1.29, 1.82) is 0 Å². The predicted octanol–water partition coefficient (Wildman–Crippen LogP) is 3.36. The number of alkyl halides is 2. The van der Waals surface area contributed by atoms with E-state index in [0.29, 0.717) is 12.5 Å². The molecular weight excluding hydrogens is 302 g/mol. The maximum Gasteiger partial charge on any atom is 0.407 e. The van der Waals surface area contributed by atoms with Crippen LogP contribution in [0.25, 0.3) is 0 Å². The lowest BCUT2D eigenvalue weighted by Crippen LogP contribution is -2.45. The first-order chi connectivity index (χ1) is 9.48. The van der Waals surface area contributed by atoms with Gasteiger partial charge in [-0.1, -0.05) is 0 Å². The lowest BCUT2D eigenvalue weighted by atomic mass is 9.90. The van der Waals surface area contributed by atoms with Gasteiger partial charge in [0.1, 0.15) is 0 Å². The first kappa shape index (κ1) is 18.4. The summed E-state index contributed by atoms with van der Waals surface area (Å²) in [6, 6.07) is -0.233. The highest BCUT2D eigenvalue weighted by molar-refractivity contribution is 5.85. The molecule has 0 radical (unpaired) electrons. The van der Waals surface area contributed by atoms with Crippen LogP contribution < -0.4 is 5.32 Å². The summed E-state index contributed by atoms with van der Waals surface area (Å²) in [7, 11) is 0. The molecule has 1 aliphatic carbocycles. The van der Waals surface area contributed by atoms with E-state index < -0.39 is 12.0 Å². The van der Waals surface area contributed by atoms with Gasteiger partial charge in [0, 0.05) is 25.4 Å². The first-order valence-corrected chi connectivity index (χ1v) is 7.56. The summed E-state index contributed by atoms with van der Waals surface area (Å²) in [5.41, 5.74) is 0. The van der Waals surface area contributed by atoms with Gasteiger partial charge in [0.25, 0.3) is 0 Å². The second-order valence-corrected chi connectivity index (χ2v) is 6.06. The van der Waals surface area contributed by atoms with Gasteiger partial charge in [-0.3, -0.25) is 0 Å². The van der Waals surface area contributed by atoms with Crippen molar-refractivity contribution in [2.24, 2.45) is 5.92 Å². The fraction of sp³-hybridized carbons (Fsp3) is 0.929. The summed E-state index contributed by atoms with van der Waals surface area (Å²) >= 11 is 0. The SMILES string of the molecule is Cl.O=C(O)N(CC[C@H]1CCCNC1)C1CCC(F)(F)CC1. The van der Waals surface area contributed by atoms with Gasteiger partial charge in [0.15, 0.2) is 0 Å². The quantitative estimate of drug-likeness (QED) is 0.833. The number of carboxylic acid groups (broad SMARTS) is 1. The first-order valence-electron chi connectivity index (χ1n) is 7.56. The molecule has 7 heteroatoms. The molecule has 0 aromatic carbocycles. The molecular formula is C14H25ClF2N2O2. The second-order valence-electron chi connectivity index (χ2n) is 6.06. The monoisotopic (exact) mass is 326 g/mol. The zero-order valence-electron chi connectivity index (χ0n) is 12.2. The number of carbonyl (C=O) groups is 1. The Bertz CT molecular complexity index is 329. The van der Waals surface area contributed by atoms with Crippen molar-refractivity contribution >= 4 is 18.5 Å². The van der Waals surface area contributed by atoms with Crippen molar-refractivity contribution < 1.29 is 18.7 Å². The van der Waals surface area contributed by atoms with Crippen molar-refractivity contribution in [3.63, 3.8) is 0 Å². The van der Waals surface area contributed by atoms with Crippen LogP contribution in [0.1, 0.15) is 44.9 Å². The number of nitrogens with one attached hydrogen (secondary N) is 1. The highest BCUT2D eigenvalue weighted by Crippen LogP contribution is 2.35. The lowest BCUT2D eigenvalue weighted by molar-refractivity contribution is -0.0519. The van der Waals surface area contributed by atoms with E-state index in [2.05, 4.69) is 5.32 Å². The number of piperidine rings is 1. The number of hydrogen-bond acceptors (Lipinski definition) is 2. The third-order valence-corrected chi connectivity index (χ3v) is 4.55. The van der Waals surface area contributed by atoms with Gasteiger partial charge in [-0.2, -0.15) is 0 Å². The fourth-order valence-corrected chi connectivity index (χ4v) is 3.26. The van der Waals surface area contributed by atoms with Crippen LogP contribution in [0.2, 0.25) is 0 Å². The molecule has 1 heterocycles. The molecule has 4 nitrogen and oxygen atoms in total. The summed E-state index contributed by atoms with van der Waals surface area (Å²) in [4.78, 5) is 12.7. The molecule has 21 heavy (non-hydrogen) atoms. The van der Waals surface area contributed by atoms with Crippen LogP contribution in [0.4, 0.5) is 13.6 Å². The zero-order chi connectivity index (χ0) is 14.6. The highest BCUT2D eigenvalue weighted by Gasteiger charge is 2.38. The minimum absolute atomic E-state index is 0. The fourth-order valence-electron chi connectivity index (χ4n) is 3.26. The van der Waals surface area contributed by atoms with E-state index in [1.807, 2.05) is 0 Å². The van der Waals surface area contributed by atoms with Gasteiger partial charge < -0.3 is 15.3 Å². The van der Waals surface area contributed by atoms with E-state index in [9.17, 15) is 18.7 Å². The summed E-state index contributed by atoms with van der Waals surface area (Å²) in [5.74, 6) is -2.09. The second kappa shape index (κ2) is 8.13. The van der Waals surface area contributed by atoms with Gasteiger partial charge in [-0.25, -0.2) is 13.6 Å². The van der Waals surface area contributed by atoms with Crippen LogP contribution in [0.15, 0.2) is 0 Å². The number of amides is 1. The molecule has 2 rings (SSSR count). The number of nitrogens with zero attached hydrogens (tertiary/aromatic N) is 1. The molecule has 1 aliphatic heterocycles. The van der Waals surface area contributed by atoms with E-state index >= 15 is 0 Å². The van der Waals surface area contributed by atoms with Gasteiger partial charge >= 0.3 is 6.09 Å². The summed E-state index contributed by atoms with van der Waals surface area (Å²) in [5, 5.41) is 12.6. The van der Waals surface area contributed by atoms with Crippen molar-refractivity contribution in [2.75, 3.05) is 19.6 Å². The van der Waals surface area contributed by atoms with Crippen LogP contribution >= 0.6 is 12.4 Å². The van der Waals surface area contributed by atoms with Crippen LogP contribution in [0.3, 0.4) is 0 Å². The third kappa shape index (κ3) is 5.58. The average Bonchev–Trinajstić information content (AvgIpc) is 2.41. The Balaban J connectivity index is 0.00000220. The van der Waals surface area contributed by atoms with Crippen LogP contribution in [-0.2, 0) is 0 Å². The molecule has 1 atom stereocenters. The molecule has 0 bridgehead atoms. The minimum Gasteiger partial charge on any atom is -0.465 e. The topological polar surface area (TPSA) is 52.6 Å². The van der Waals surface area contributed by atoms with Crippen molar-refractivity contribution in [3.8, 4) is 0 Å². The number of halogens is 3. The van der Waals surface area contributed by atoms with E-state index in [4.69, 9.17) is 0 Å². The minimum atomic E-state index is -2.60. The maximum atomic E-state index is 13.1. The Labute approximate surface area is 130 Å². The summed E-state index contributed by atoms with van der Waals surface area (Å²) in [6.07, 6.45) is 2.30. The van der Waals surface area contributed by atoms with Crippen molar-refractivity contribution in [2.45, 2.75) is 56.9 Å². The molecule has 0 aromatic heterocycles. The molecule has 1 saturated carbocycles. The molecule has 0 spiro atoms.